The Bertz CT molecular complexity index is 364. The van der Waals surface area contributed by atoms with Gasteiger partial charge in [-0.15, -0.1) is 0 Å². The Hall–Kier alpha value is -1.22. The van der Waals surface area contributed by atoms with Gasteiger partial charge in [0.15, 0.2) is 0 Å². The molecular weight excluding hydrogens is 268 g/mol. The van der Waals surface area contributed by atoms with E-state index in [1.165, 1.54) is 6.92 Å². The quantitative estimate of drug-likeness (QED) is 0.320. The summed E-state index contributed by atoms with van der Waals surface area (Å²) >= 11 is 0. The van der Waals surface area contributed by atoms with Gasteiger partial charge in [0.25, 0.3) is 0 Å². The van der Waals surface area contributed by atoms with Crippen LogP contribution in [0.1, 0.15) is 19.8 Å². The molecule has 1 amide bonds. The maximum absolute atomic E-state index is 11.2. The summed E-state index contributed by atoms with van der Waals surface area (Å²) in [4.78, 5) is 22.2. The van der Waals surface area contributed by atoms with Gasteiger partial charge in [-0.05, 0) is 18.8 Å². The molecule has 1 saturated carbocycles. The summed E-state index contributed by atoms with van der Waals surface area (Å²) in [5.41, 5.74) is 5.89. The number of aliphatic hydroxyl groups excluding tert-OH is 3. The molecule has 0 heterocycles. The van der Waals surface area contributed by atoms with Crippen molar-refractivity contribution in [1.29, 1.82) is 0 Å². The highest BCUT2D eigenvalue weighted by atomic mass is 16.4. The number of carboxylic acids is 1. The lowest BCUT2D eigenvalue weighted by molar-refractivity contribution is -0.141. The maximum Gasteiger partial charge on any atom is 0.306 e. The van der Waals surface area contributed by atoms with E-state index in [0.717, 1.165) is 0 Å². The summed E-state index contributed by atoms with van der Waals surface area (Å²) in [6.45, 7) is 0.585. The number of amides is 1. The van der Waals surface area contributed by atoms with E-state index in [-0.39, 0.29) is 12.8 Å². The molecule has 0 aromatic rings. The van der Waals surface area contributed by atoms with Gasteiger partial charge in [0, 0.05) is 13.0 Å². The summed E-state index contributed by atoms with van der Waals surface area (Å²) in [5.74, 6) is -2.51. The van der Waals surface area contributed by atoms with Crippen LogP contribution < -0.4 is 11.1 Å². The fourth-order valence-corrected chi connectivity index (χ4v) is 2.75. The van der Waals surface area contributed by atoms with Crippen LogP contribution in [0, 0.1) is 11.8 Å². The lowest BCUT2D eigenvalue weighted by Gasteiger charge is -2.33. The van der Waals surface area contributed by atoms with E-state index in [1.807, 2.05) is 0 Å². The van der Waals surface area contributed by atoms with Gasteiger partial charge in [0.1, 0.15) is 12.2 Å². The smallest absolute Gasteiger partial charge is 0.306 e. The van der Waals surface area contributed by atoms with Gasteiger partial charge >= 0.3 is 5.97 Å². The van der Waals surface area contributed by atoms with Gasteiger partial charge in [-0.3, -0.25) is 9.59 Å². The second-order valence-electron chi connectivity index (χ2n) is 5.30. The number of carboxylic acid groups (broad SMARTS) is 1. The van der Waals surface area contributed by atoms with Crippen molar-refractivity contribution < 1.29 is 30.0 Å². The molecule has 1 aliphatic carbocycles. The Morgan fingerprint density at radius 1 is 1.35 bits per heavy atom. The van der Waals surface area contributed by atoms with Crippen LogP contribution in [0.3, 0.4) is 0 Å². The fraction of sp³-hybridized carbons (Fsp3) is 0.833. The number of aliphatic hydroxyl groups is 3. The molecule has 0 aliphatic heterocycles. The monoisotopic (exact) mass is 290 g/mol. The maximum atomic E-state index is 11.2. The van der Waals surface area contributed by atoms with Crippen LogP contribution in [-0.2, 0) is 9.59 Å². The number of aliphatic carboxylic acids is 1. The largest absolute Gasteiger partial charge is 0.481 e. The molecule has 20 heavy (non-hydrogen) atoms. The molecule has 4 unspecified atom stereocenters. The second-order valence-corrected chi connectivity index (χ2v) is 5.30. The molecule has 8 nitrogen and oxygen atoms in total. The van der Waals surface area contributed by atoms with Crippen molar-refractivity contribution in [2.75, 3.05) is 6.61 Å². The predicted molar refractivity (Wildman–Crippen MR) is 68.5 cm³/mol. The zero-order chi connectivity index (χ0) is 15.4. The summed E-state index contributed by atoms with van der Waals surface area (Å²) in [6.07, 6.45) is -2.38. The Balaban J connectivity index is 2.88. The van der Waals surface area contributed by atoms with Gasteiger partial charge < -0.3 is 31.5 Å². The molecule has 0 saturated heterocycles. The summed E-state index contributed by atoms with van der Waals surface area (Å²) in [7, 11) is 0. The number of carbonyl (C=O) groups is 2. The molecule has 0 spiro atoms. The van der Waals surface area contributed by atoms with Crippen molar-refractivity contribution in [3.8, 4) is 0 Å². The van der Waals surface area contributed by atoms with Crippen LogP contribution in [0.2, 0.25) is 0 Å². The normalized spacial score (nSPS) is 30.6. The molecule has 0 aromatic heterocycles. The Labute approximate surface area is 116 Å². The van der Waals surface area contributed by atoms with Crippen LogP contribution in [0.25, 0.3) is 0 Å². The van der Waals surface area contributed by atoms with Crippen LogP contribution in [0.15, 0.2) is 0 Å². The summed E-state index contributed by atoms with van der Waals surface area (Å²) in [5, 5.41) is 39.9. The second kappa shape index (κ2) is 6.98. The van der Waals surface area contributed by atoms with E-state index in [9.17, 15) is 19.8 Å². The zero-order valence-electron chi connectivity index (χ0n) is 11.3. The number of hydrogen-bond acceptors (Lipinski definition) is 6. The average molecular weight is 290 g/mol. The molecule has 7 N–H and O–H groups in total. The van der Waals surface area contributed by atoms with E-state index in [4.69, 9.17) is 15.9 Å². The van der Waals surface area contributed by atoms with Crippen molar-refractivity contribution in [2.24, 2.45) is 17.6 Å². The van der Waals surface area contributed by atoms with E-state index < -0.39 is 54.6 Å². The molecule has 1 aliphatic rings. The lowest BCUT2D eigenvalue weighted by Crippen LogP contribution is -2.55. The van der Waals surface area contributed by atoms with E-state index >= 15 is 0 Å². The van der Waals surface area contributed by atoms with Crippen LogP contribution in [0.5, 0.6) is 0 Å². The first-order valence-corrected chi connectivity index (χ1v) is 6.50. The fourth-order valence-electron chi connectivity index (χ4n) is 2.75. The van der Waals surface area contributed by atoms with Gasteiger partial charge in [-0.1, -0.05) is 0 Å². The average Bonchev–Trinajstić information content (AvgIpc) is 2.76. The van der Waals surface area contributed by atoms with E-state index in [2.05, 4.69) is 5.32 Å². The molecule has 8 heteroatoms. The SMILES string of the molecule is CC(=O)NC(C(O)C(O)CO)[C@H]1CC(C(=O)O)C[C@@H]1N. The van der Waals surface area contributed by atoms with Crippen molar-refractivity contribution in [3.05, 3.63) is 0 Å². The van der Waals surface area contributed by atoms with Gasteiger partial charge in [0.05, 0.1) is 18.6 Å². The standard InChI is InChI=1S/C12H22N2O6/c1-5(16)14-10(11(18)9(17)4-15)7-2-6(12(19)20)3-8(7)13/h6-11,15,17-18H,2-4,13H2,1H3,(H,14,16)(H,19,20)/t6?,7-,8-,9?,10?,11?/m0/s1. The highest BCUT2D eigenvalue weighted by molar-refractivity contribution is 5.73. The number of nitrogens with two attached hydrogens (primary N) is 1. The van der Waals surface area contributed by atoms with Gasteiger partial charge in [0.2, 0.25) is 5.91 Å². The molecule has 1 rings (SSSR count). The van der Waals surface area contributed by atoms with Crippen LogP contribution in [-0.4, -0.2) is 63.2 Å². The van der Waals surface area contributed by atoms with Crippen molar-refractivity contribution in [2.45, 2.75) is 44.1 Å². The molecule has 0 radical (unpaired) electrons. The Morgan fingerprint density at radius 2 is 1.95 bits per heavy atom. The minimum absolute atomic E-state index is 0.205. The molecule has 0 aromatic carbocycles. The molecule has 1 fully saturated rings. The molecule has 116 valence electrons. The topological polar surface area (TPSA) is 153 Å². The Kier molecular flexibility index (Phi) is 5.88. The first-order valence-electron chi connectivity index (χ1n) is 6.50. The molecule has 6 atom stereocenters. The number of rotatable bonds is 6. The van der Waals surface area contributed by atoms with Gasteiger partial charge in [-0.2, -0.15) is 0 Å². The van der Waals surface area contributed by atoms with Crippen LogP contribution >= 0.6 is 0 Å². The third-order valence-electron chi connectivity index (χ3n) is 3.79. The van der Waals surface area contributed by atoms with Crippen molar-refractivity contribution in [1.82, 2.24) is 5.32 Å². The van der Waals surface area contributed by atoms with E-state index in [0.29, 0.717) is 0 Å². The molecular formula is C12H22N2O6. The Morgan fingerprint density at radius 3 is 2.35 bits per heavy atom. The molecule has 0 bridgehead atoms. The lowest BCUT2D eigenvalue weighted by atomic mass is 9.88. The minimum Gasteiger partial charge on any atom is -0.481 e. The third-order valence-corrected chi connectivity index (χ3v) is 3.79. The van der Waals surface area contributed by atoms with E-state index in [1.54, 1.807) is 0 Å². The summed E-state index contributed by atoms with van der Waals surface area (Å²) in [6, 6.07) is -1.40. The number of hydrogen-bond donors (Lipinski definition) is 6. The third kappa shape index (κ3) is 3.89. The number of nitrogens with one attached hydrogen (secondary N) is 1. The highest BCUT2D eigenvalue weighted by Gasteiger charge is 2.44. The zero-order valence-corrected chi connectivity index (χ0v) is 11.3. The summed E-state index contributed by atoms with van der Waals surface area (Å²) < 4.78 is 0. The van der Waals surface area contributed by atoms with Crippen molar-refractivity contribution >= 4 is 11.9 Å². The number of carbonyl (C=O) groups excluding carboxylic acids is 1. The van der Waals surface area contributed by atoms with Crippen LogP contribution in [0.4, 0.5) is 0 Å². The van der Waals surface area contributed by atoms with Crippen molar-refractivity contribution in [3.63, 3.8) is 0 Å². The predicted octanol–water partition coefficient (Wildman–Crippen LogP) is -2.36. The van der Waals surface area contributed by atoms with Gasteiger partial charge in [-0.25, -0.2) is 0 Å². The first-order chi connectivity index (χ1) is 9.27. The minimum atomic E-state index is -1.43. The first kappa shape index (κ1) is 16.8. The highest BCUT2D eigenvalue weighted by Crippen LogP contribution is 2.34.